The molecule has 1 aliphatic carbocycles. The smallest absolute Gasteiger partial charge is 0.240 e. The largest absolute Gasteiger partial charge is 0.378 e. The first-order chi connectivity index (χ1) is 10.8. The van der Waals surface area contributed by atoms with E-state index in [9.17, 15) is 9.59 Å². The Balaban J connectivity index is 0.00000288. The summed E-state index contributed by atoms with van der Waals surface area (Å²) in [4.78, 5) is 26.2. The van der Waals surface area contributed by atoms with Crippen molar-refractivity contribution >= 4 is 24.2 Å². The summed E-state index contributed by atoms with van der Waals surface area (Å²) in [5.74, 6) is -0.159. The highest BCUT2D eigenvalue weighted by Gasteiger charge is 2.62. The van der Waals surface area contributed by atoms with Crippen LogP contribution in [0, 0.1) is 5.41 Å². The van der Waals surface area contributed by atoms with Crippen molar-refractivity contribution in [1.29, 1.82) is 0 Å². The minimum Gasteiger partial charge on any atom is -0.378 e. The normalized spacial score (nSPS) is 28.5. The van der Waals surface area contributed by atoms with E-state index in [2.05, 4.69) is 5.32 Å². The number of carbonyl (C=O) groups is 2. The molecule has 7 nitrogen and oxygen atoms in total. The van der Waals surface area contributed by atoms with Crippen LogP contribution in [0.4, 0.5) is 0 Å². The summed E-state index contributed by atoms with van der Waals surface area (Å²) in [5.41, 5.74) is 4.95. The van der Waals surface area contributed by atoms with Gasteiger partial charge in [-0.3, -0.25) is 9.59 Å². The second-order valence-electron chi connectivity index (χ2n) is 6.84. The van der Waals surface area contributed by atoms with Gasteiger partial charge in [-0.05, 0) is 6.92 Å². The van der Waals surface area contributed by atoms with Gasteiger partial charge >= 0.3 is 0 Å². The monoisotopic (exact) mass is 363 g/mol. The topological polar surface area (TPSA) is 93.9 Å². The summed E-state index contributed by atoms with van der Waals surface area (Å²) in [6.07, 6.45) is 0.798. The molecule has 2 atom stereocenters. The van der Waals surface area contributed by atoms with Crippen LogP contribution in [0.2, 0.25) is 0 Å². The Kier molecular flexibility index (Phi) is 7.46. The molecule has 2 rings (SSSR count). The fourth-order valence-electron chi connectivity index (χ4n) is 3.23. The molecule has 24 heavy (non-hydrogen) atoms. The number of morpholine rings is 1. The maximum absolute atomic E-state index is 12.4. The molecule has 2 amide bonds. The first-order valence-electron chi connectivity index (χ1n) is 8.37. The Morgan fingerprint density at radius 3 is 2.50 bits per heavy atom. The van der Waals surface area contributed by atoms with Crippen LogP contribution in [0.3, 0.4) is 0 Å². The van der Waals surface area contributed by atoms with Crippen molar-refractivity contribution in [3.63, 3.8) is 0 Å². The summed E-state index contributed by atoms with van der Waals surface area (Å²) in [6.45, 7) is 9.17. The molecule has 0 bridgehead atoms. The molecule has 1 aliphatic heterocycles. The van der Waals surface area contributed by atoms with Crippen molar-refractivity contribution in [1.82, 2.24) is 10.2 Å². The molecule has 0 spiro atoms. The lowest BCUT2D eigenvalue weighted by Crippen LogP contribution is -2.75. The zero-order valence-corrected chi connectivity index (χ0v) is 15.6. The summed E-state index contributed by atoms with van der Waals surface area (Å²) < 4.78 is 10.8. The number of amides is 2. The SMILES string of the molecule is CCOC1CC(N)(C(=O)NCCC(=O)N2CCOCC2)C1(C)C.Cl. The molecule has 2 fully saturated rings. The van der Waals surface area contributed by atoms with Crippen LogP contribution in [-0.2, 0) is 19.1 Å². The number of nitrogens with two attached hydrogens (primary N) is 1. The highest BCUT2D eigenvalue weighted by Crippen LogP contribution is 2.49. The van der Waals surface area contributed by atoms with Crippen LogP contribution in [0.25, 0.3) is 0 Å². The van der Waals surface area contributed by atoms with Crippen molar-refractivity contribution in [2.24, 2.45) is 11.1 Å². The molecule has 0 aromatic rings. The number of nitrogens with zero attached hydrogens (tertiary/aromatic N) is 1. The Morgan fingerprint density at radius 2 is 1.96 bits per heavy atom. The van der Waals surface area contributed by atoms with Gasteiger partial charge < -0.3 is 25.4 Å². The van der Waals surface area contributed by atoms with Gasteiger partial charge in [0, 0.05) is 44.5 Å². The molecule has 8 heteroatoms. The molecule has 1 saturated carbocycles. The van der Waals surface area contributed by atoms with E-state index >= 15 is 0 Å². The third-order valence-electron chi connectivity index (χ3n) is 5.22. The van der Waals surface area contributed by atoms with E-state index in [0.717, 1.165) is 0 Å². The summed E-state index contributed by atoms with van der Waals surface area (Å²) in [5, 5.41) is 2.82. The molecule has 2 aliphatic rings. The molecule has 1 saturated heterocycles. The highest BCUT2D eigenvalue weighted by atomic mass is 35.5. The fraction of sp³-hybridized carbons (Fsp3) is 0.875. The Labute approximate surface area is 150 Å². The molecule has 3 N–H and O–H groups in total. The Bertz CT molecular complexity index is 455. The summed E-state index contributed by atoms with van der Waals surface area (Å²) in [6, 6.07) is 0. The van der Waals surface area contributed by atoms with E-state index in [1.165, 1.54) is 0 Å². The van der Waals surface area contributed by atoms with Crippen LogP contribution in [0.15, 0.2) is 0 Å². The minimum atomic E-state index is -0.936. The summed E-state index contributed by atoms with van der Waals surface area (Å²) >= 11 is 0. The van der Waals surface area contributed by atoms with E-state index in [-0.39, 0.29) is 36.7 Å². The number of carbonyl (C=O) groups excluding carboxylic acids is 2. The van der Waals surface area contributed by atoms with Gasteiger partial charge in [0.1, 0.15) is 5.54 Å². The van der Waals surface area contributed by atoms with E-state index < -0.39 is 11.0 Å². The predicted octanol–water partition coefficient (Wildman–Crippen LogP) is 0.306. The van der Waals surface area contributed by atoms with Crippen molar-refractivity contribution in [2.45, 2.75) is 45.3 Å². The van der Waals surface area contributed by atoms with Crippen molar-refractivity contribution in [2.75, 3.05) is 39.5 Å². The standard InChI is InChI=1S/C16H29N3O4.ClH/c1-4-23-12-11-16(17,15(12,2)3)14(21)18-6-5-13(20)19-7-9-22-10-8-19;/h12H,4-11,17H2,1-3H3,(H,18,21);1H. The molecular formula is C16H30ClN3O4. The third kappa shape index (κ3) is 4.02. The molecular weight excluding hydrogens is 334 g/mol. The van der Waals surface area contributed by atoms with Crippen LogP contribution < -0.4 is 11.1 Å². The maximum Gasteiger partial charge on any atom is 0.240 e. The Hall–Kier alpha value is -0.890. The Morgan fingerprint density at radius 1 is 1.33 bits per heavy atom. The number of hydrogen-bond donors (Lipinski definition) is 2. The minimum absolute atomic E-state index is 0. The van der Waals surface area contributed by atoms with E-state index in [0.29, 0.717) is 45.9 Å². The number of rotatable bonds is 6. The predicted molar refractivity (Wildman–Crippen MR) is 93.0 cm³/mol. The zero-order valence-electron chi connectivity index (χ0n) is 14.8. The maximum atomic E-state index is 12.4. The average Bonchev–Trinajstić information content (AvgIpc) is 2.55. The third-order valence-corrected chi connectivity index (χ3v) is 5.22. The van der Waals surface area contributed by atoms with Crippen molar-refractivity contribution in [3.05, 3.63) is 0 Å². The number of halogens is 1. The van der Waals surface area contributed by atoms with Gasteiger partial charge in [-0.2, -0.15) is 0 Å². The highest BCUT2D eigenvalue weighted by molar-refractivity contribution is 5.89. The van der Waals surface area contributed by atoms with Gasteiger partial charge in [0.25, 0.3) is 0 Å². The molecule has 1 heterocycles. The first kappa shape index (κ1) is 21.2. The van der Waals surface area contributed by atoms with Crippen LogP contribution in [0.5, 0.6) is 0 Å². The van der Waals surface area contributed by atoms with Gasteiger partial charge in [0.05, 0.1) is 19.3 Å². The van der Waals surface area contributed by atoms with E-state index in [4.69, 9.17) is 15.2 Å². The van der Waals surface area contributed by atoms with Gasteiger partial charge in [-0.25, -0.2) is 0 Å². The zero-order chi connectivity index (χ0) is 17.1. The van der Waals surface area contributed by atoms with E-state index in [1.54, 1.807) is 4.90 Å². The second kappa shape index (κ2) is 8.47. The van der Waals surface area contributed by atoms with Crippen LogP contribution in [0.1, 0.15) is 33.6 Å². The average molecular weight is 364 g/mol. The van der Waals surface area contributed by atoms with Crippen molar-refractivity contribution < 1.29 is 19.1 Å². The lowest BCUT2D eigenvalue weighted by molar-refractivity contribution is -0.170. The molecule has 2 unspecified atom stereocenters. The van der Waals surface area contributed by atoms with Crippen LogP contribution in [-0.4, -0.2) is 67.8 Å². The first-order valence-corrected chi connectivity index (χ1v) is 8.37. The fourth-order valence-corrected chi connectivity index (χ4v) is 3.23. The van der Waals surface area contributed by atoms with Gasteiger partial charge in [0.15, 0.2) is 0 Å². The summed E-state index contributed by atoms with van der Waals surface area (Å²) in [7, 11) is 0. The van der Waals surface area contributed by atoms with E-state index in [1.807, 2.05) is 20.8 Å². The number of ether oxygens (including phenoxy) is 2. The second-order valence-corrected chi connectivity index (χ2v) is 6.84. The van der Waals surface area contributed by atoms with Gasteiger partial charge in [-0.15, -0.1) is 12.4 Å². The molecule has 0 aromatic heterocycles. The van der Waals surface area contributed by atoms with Gasteiger partial charge in [0.2, 0.25) is 11.8 Å². The number of nitrogens with one attached hydrogen (secondary N) is 1. The quantitative estimate of drug-likeness (QED) is 0.708. The lowest BCUT2D eigenvalue weighted by Gasteiger charge is -2.57. The lowest BCUT2D eigenvalue weighted by atomic mass is 9.54. The molecule has 0 radical (unpaired) electrons. The number of hydrogen-bond acceptors (Lipinski definition) is 5. The van der Waals surface area contributed by atoms with Crippen LogP contribution >= 0.6 is 12.4 Å². The van der Waals surface area contributed by atoms with Gasteiger partial charge in [-0.1, -0.05) is 13.8 Å². The molecule has 0 aromatic carbocycles. The molecule has 140 valence electrons. The van der Waals surface area contributed by atoms with Crippen molar-refractivity contribution in [3.8, 4) is 0 Å².